The fraction of sp³-hybridized carbons (Fsp3) is 0.757. The van der Waals surface area contributed by atoms with E-state index in [1.165, 1.54) is 63.1 Å². The number of thioether (sulfide) groups is 1. The van der Waals surface area contributed by atoms with E-state index in [-0.39, 0.29) is 40.7 Å². The Morgan fingerprint density at radius 3 is 2.40 bits per heavy atom. The number of ketones is 1. The lowest BCUT2D eigenvalue weighted by atomic mass is 9.44. The molecule has 0 spiro atoms. The standard InChI is InChI=1S/C37H58NO4S/c1-7-9-10-11-12-13-14-15-22-38-23-18-29(19-24-38)43-26-32(40)42-31-25-35(5,8-2)34(41)28(4)37-20-16-27(3)36(31,6)33(37)30(39)17-21-37/h8,18-19,23-24,27-28,31,33-34,41H,2,7,9-17,20-22,25-26H2,1,3-6H3/q+1/t27-,28+,31-,33+,34+,35-,36+,37+/m1/s1. The molecule has 4 rings (SSSR count). The van der Waals surface area contributed by atoms with Gasteiger partial charge in [-0.15, -0.1) is 18.3 Å². The highest BCUT2D eigenvalue weighted by molar-refractivity contribution is 8.00. The van der Waals surface area contributed by atoms with E-state index in [1.807, 2.05) is 13.0 Å². The number of hydrogen-bond donors (Lipinski definition) is 1. The first-order valence-electron chi connectivity index (χ1n) is 17.2. The first-order valence-corrected chi connectivity index (χ1v) is 18.2. The van der Waals surface area contributed by atoms with Crippen molar-refractivity contribution < 1.29 is 24.0 Å². The quantitative estimate of drug-likeness (QED) is 0.0756. The van der Waals surface area contributed by atoms with Crippen molar-refractivity contribution in [3.05, 3.63) is 37.2 Å². The summed E-state index contributed by atoms with van der Waals surface area (Å²) in [6.45, 7) is 16.0. The fourth-order valence-electron chi connectivity index (χ4n) is 8.95. The van der Waals surface area contributed by atoms with Crippen LogP contribution in [-0.4, -0.2) is 34.8 Å². The van der Waals surface area contributed by atoms with Crippen LogP contribution in [0.15, 0.2) is 42.1 Å². The van der Waals surface area contributed by atoms with Crippen molar-refractivity contribution in [2.45, 2.75) is 142 Å². The summed E-state index contributed by atoms with van der Waals surface area (Å²) in [5.41, 5.74) is -1.34. The molecule has 3 aliphatic carbocycles. The highest BCUT2D eigenvalue weighted by atomic mass is 32.2. The lowest BCUT2D eigenvalue weighted by molar-refractivity contribution is -0.697. The van der Waals surface area contributed by atoms with Crippen LogP contribution in [0.3, 0.4) is 0 Å². The Kier molecular flexibility index (Phi) is 11.6. The normalized spacial score (nSPS) is 35.6. The van der Waals surface area contributed by atoms with Gasteiger partial charge >= 0.3 is 5.97 Å². The molecule has 1 heterocycles. The molecular weight excluding hydrogens is 554 g/mol. The number of Topliss-reactive ketones (excluding diaryl/α,β-unsaturated/α-hetero) is 1. The second-order valence-corrected chi connectivity index (χ2v) is 15.6. The monoisotopic (exact) mass is 612 g/mol. The minimum absolute atomic E-state index is 0.0256. The van der Waals surface area contributed by atoms with Crippen molar-refractivity contribution in [3.63, 3.8) is 0 Å². The summed E-state index contributed by atoms with van der Waals surface area (Å²) in [4.78, 5) is 28.1. The summed E-state index contributed by atoms with van der Waals surface area (Å²) in [6, 6.07) is 4.17. The number of carbonyl (C=O) groups is 2. The maximum atomic E-state index is 13.6. The van der Waals surface area contributed by atoms with Crippen molar-refractivity contribution in [3.8, 4) is 0 Å². The number of rotatable bonds is 14. The number of ether oxygens (including phenoxy) is 1. The Bertz CT molecular complexity index is 1110. The number of unbranched alkanes of at least 4 members (excludes halogenated alkanes) is 7. The molecule has 43 heavy (non-hydrogen) atoms. The molecule has 240 valence electrons. The van der Waals surface area contributed by atoms with Crippen LogP contribution in [0.1, 0.15) is 118 Å². The lowest BCUT2D eigenvalue weighted by Crippen LogP contribution is -2.63. The van der Waals surface area contributed by atoms with E-state index >= 15 is 0 Å². The molecule has 0 radical (unpaired) electrons. The van der Waals surface area contributed by atoms with Gasteiger partial charge in [-0.1, -0.05) is 79.2 Å². The zero-order chi connectivity index (χ0) is 31.3. The summed E-state index contributed by atoms with van der Waals surface area (Å²) in [5.74, 6) is 0.267. The smallest absolute Gasteiger partial charge is 0.316 e. The number of aliphatic hydroxyl groups excluding tert-OH is 1. The average Bonchev–Trinajstić information content (AvgIpc) is 3.36. The van der Waals surface area contributed by atoms with Crippen molar-refractivity contribution in [2.75, 3.05) is 5.75 Å². The highest BCUT2D eigenvalue weighted by Crippen LogP contribution is 2.68. The molecule has 1 N–H and O–H groups in total. The molecule has 0 aromatic carbocycles. The van der Waals surface area contributed by atoms with Gasteiger partial charge in [-0.05, 0) is 49.4 Å². The Labute approximate surface area is 265 Å². The van der Waals surface area contributed by atoms with Gasteiger partial charge in [0.2, 0.25) is 0 Å². The molecule has 3 saturated carbocycles. The summed E-state index contributed by atoms with van der Waals surface area (Å²) >= 11 is 1.50. The Morgan fingerprint density at radius 2 is 1.74 bits per heavy atom. The number of esters is 1. The first kappa shape index (κ1) is 34.2. The van der Waals surface area contributed by atoms with Crippen LogP contribution in [0.25, 0.3) is 0 Å². The summed E-state index contributed by atoms with van der Waals surface area (Å²) in [7, 11) is 0. The second kappa shape index (κ2) is 14.6. The number of pyridine rings is 1. The van der Waals surface area contributed by atoms with E-state index < -0.39 is 23.0 Å². The van der Waals surface area contributed by atoms with Crippen LogP contribution in [0.5, 0.6) is 0 Å². The predicted molar refractivity (Wildman–Crippen MR) is 175 cm³/mol. The van der Waals surface area contributed by atoms with E-state index in [4.69, 9.17) is 4.74 Å². The minimum Gasteiger partial charge on any atom is -0.461 e. The number of aryl methyl sites for hydroxylation is 1. The van der Waals surface area contributed by atoms with Crippen molar-refractivity contribution >= 4 is 23.5 Å². The van der Waals surface area contributed by atoms with Gasteiger partial charge < -0.3 is 9.84 Å². The molecule has 0 amide bonds. The van der Waals surface area contributed by atoms with Crippen LogP contribution in [-0.2, 0) is 20.9 Å². The molecule has 2 bridgehead atoms. The zero-order valence-electron chi connectivity index (χ0n) is 27.6. The summed E-state index contributed by atoms with van der Waals surface area (Å²) in [5, 5.41) is 11.7. The topological polar surface area (TPSA) is 67.5 Å². The van der Waals surface area contributed by atoms with Crippen LogP contribution in [0, 0.1) is 34.0 Å². The predicted octanol–water partition coefficient (Wildman–Crippen LogP) is 8.11. The zero-order valence-corrected chi connectivity index (χ0v) is 28.4. The Hall–Kier alpha value is -1.66. The molecule has 3 fully saturated rings. The molecule has 0 aliphatic heterocycles. The van der Waals surface area contributed by atoms with E-state index in [2.05, 4.69) is 63.4 Å². The largest absolute Gasteiger partial charge is 0.461 e. The Morgan fingerprint density at radius 1 is 1.09 bits per heavy atom. The van der Waals surface area contributed by atoms with Gasteiger partial charge in [0.05, 0.1) is 11.9 Å². The molecule has 3 aliphatic rings. The maximum absolute atomic E-state index is 13.6. The molecule has 0 unspecified atom stereocenters. The van der Waals surface area contributed by atoms with Gasteiger partial charge in [0, 0.05) is 46.6 Å². The number of aliphatic hydroxyl groups is 1. The van der Waals surface area contributed by atoms with Gasteiger partial charge in [-0.2, -0.15) is 0 Å². The van der Waals surface area contributed by atoms with Crippen LogP contribution >= 0.6 is 11.8 Å². The van der Waals surface area contributed by atoms with Crippen LogP contribution < -0.4 is 4.57 Å². The van der Waals surface area contributed by atoms with E-state index in [9.17, 15) is 14.7 Å². The summed E-state index contributed by atoms with van der Waals surface area (Å²) in [6.07, 6.45) is 19.3. The number of hydrogen-bond acceptors (Lipinski definition) is 5. The van der Waals surface area contributed by atoms with Gasteiger partial charge in [0.25, 0.3) is 0 Å². The van der Waals surface area contributed by atoms with Gasteiger partial charge in [0.15, 0.2) is 12.4 Å². The molecule has 5 nitrogen and oxygen atoms in total. The lowest BCUT2D eigenvalue weighted by Gasteiger charge is -2.61. The molecule has 1 aromatic rings. The third-order valence-corrected chi connectivity index (χ3v) is 13.0. The minimum atomic E-state index is -0.645. The third kappa shape index (κ3) is 7.11. The van der Waals surface area contributed by atoms with Crippen LogP contribution in [0.4, 0.5) is 0 Å². The number of carbonyl (C=O) groups excluding carboxylic acids is 2. The van der Waals surface area contributed by atoms with E-state index in [0.29, 0.717) is 12.8 Å². The molecular formula is C37H58NO4S+. The maximum Gasteiger partial charge on any atom is 0.316 e. The van der Waals surface area contributed by atoms with E-state index in [1.54, 1.807) is 0 Å². The second-order valence-electron chi connectivity index (χ2n) is 14.6. The SMILES string of the molecule is C=C[C@]1(C)C[C@@H](OC(=O)CSc2cc[n+](CCCCCCCCCC)cc2)[C@]2(C)[C@H](C)CC[C@]3(CCC(=O)[C@H]32)[C@@H](C)[C@@H]1O. The van der Waals surface area contributed by atoms with Gasteiger partial charge in [0.1, 0.15) is 18.4 Å². The first-order chi connectivity index (χ1) is 20.5. The molecule has 1 aromatic heterocycles. The third-order valence-electron chi connectivity index (χ3n) is 12.1. The number of nitrogens with zero attached hydrogens (tertiary/aromatic N) is 1. The van der Waals surface area contributed by atoms with Crippen molar-refractivity contribution in [1.29, 1.82) is 0 Å². The average molecular weight is 613 g/mol. The number of aromatic nitrogens is 1. The van der Waals surface area contributed by atoms with Crippen molar-refractivity contribution in [1.82, 2.24) is 0 Å². The summed E-state index contributed by atoms with van der Waals surface area (Å²) < 4.78 is 8.63. The highest BCUT2D eigenvalue weighted by Gasteiger charge is 2.68. The Balaban J connectivity index is 1.38. The molecule has 8 atom stereocenters. The fourth-order valence-corrected chi connectivity index (χ4v) is 9.62. The molecule has 0 saturated heterocycles. The molecule has 6 heteroatoms. The van der Waals surface area contributed by atoms with E-state index in [0.717, 1.165) is 30.7 Å². The van der Waals surface area contributed by atoms with Gasteiger partial charge in [-0.3, -0.25) is 9.59 Å². The van der Waals surface area contributed by atoms with Crippen molar-refractivity contribution in [2.24, 2.45) is 34.0 Å². The van der Waals surface area contributed by atoms with Crippen LogP contribution in [0.2, 0.25) is 0 Å². The van der Waals surface area contributed by atoms with Gasteiger partial charge in [-0.25, -0.2) is 4.57 Å².